The maximum Gasteiger partial charge on any atom is 0.107 e. The highest BCUT2D eigenvalue weighted by Gasteiger charge is 2.20. The summed E-state index contributed by atoms with van der Waals surface area (Å²) in [7, 11) is 0. The molecule has 0 aliphatic carbocycles. The molecule has 0 amide bonds. The predicted molar refractivity (Wildman–Crippen MR) is 89.7 cm³/mol. The van der Waals surface area contributed by atoms with Crippen LogP contribution in [0.2, 0.25) is 0 Å². The fourth-order valence-electron chi connectivity index (χ4n) is 2.19. The Morgan fingerprint density at radius 2 is 2.10 bits per heavy atom. The van der Waals surface area contributed by atoms with Crippen LogP contribution < -0.4 is 0 Å². The van der Waals surface area contributed by atoms with Crippen LogP contribution in [-0.4, -0.2) is 27.3 Å². The number of benzene rings is 1. The molecule has 2 unspecified atom stereocenters. The van der Waals surface area contributed by atoms with E-state index in [0.29, 0.717) is 11.7 Å². The molecule has 1 aromatic carbocycles. The molecular formula is C15H17NOS3. The first-order valence-electron chi connectivity index (χ1n) is 6.69. The highest BCUT2D eigenvalue weighted by molar-refractivity contribution is 8.06. The van der Waals surface area contributed by atoms with E-state index in [9.17, 15) is 5.11 Å². The van der Waals surface area contributed by atoms with Gasteiger partial charge in [-0.3, -0.25) is 0 Å². The molecule has 106 valence electrons. The van der Waals surface area contributed by atoms with Crippen LogP contribution in [0.15, 0.2) is 35.7 Å². The third-order valence-electron chi connectivity index (χ3n) is 3.25. The monoisotopic (exact) mass is 323 g/mol. The summed E-state index contributed by atoms with van der Waals surface area (Å²) in [5.74, 6) is 3.64. The molecule has 2 aromatic rings. The van der Waals surface area contributed by atoms with Crippen LogP contribution in [0.1, 0.15) is 27.6 Å². The van der Waals surface area contributed by atoms with E-state index in [4.69, 9.17) is 4.98 Å². The minimum atomic E-state index is -0.459. The number of thioether (sulfide) groups is 2. The Balaban J connectivity index is 1.65. The Bertz CT molecular complexity index is 537. The van der Waals surface area contributed by atoms with Crippen LogP contribution in [0.3, 0.4) is 0 Å². The minimum Gasteiger partial charge on any atom is -0.388 e. The van der Waals surface area contributed by atoms with Crippen LogP contribution in [0.25, 0.3) is 0 Å². The molecule has 1 N–H and O–H groups in total. The zero-order valence-electron chi connectivity index (χ0n) is 11.1. The van der Waals surface area contributed by atoms with Crippen molar-refractivity contribution in [2.75, 3.05) is 17.3 Å². The zero-order valence-corrected chi connectivity index (χ0v) is 13.5. The molecule has 2 nitrogen and oxygen atoms in total. The van der Waals surface area contributed by atoms with Gasteiger partial charge in [-0.05, 0) is 5.56 Å². The maximum atomic E-state index is 10.2. The Kier molecular flexibility index (Phi) is 5.04. The number of aliphatic hydroxyl groups is 1. The molecule has 0 spiro atoms. The van der Waals surface area contributed by atoms with E-state index < -0.39 is 6.10 Å². The quantitative estimate of drug-likeness (QED) is 0.924. The number of rotatable bonds is 4. The average Bonchev–Trinajstić information content (AvgIpc) is 2.97. The SMILES string of the molecule is OC(Cc1csc(C2CSCCS2)n1)c1ccccc1. The number of aliphatic hydroxyl groups excluding tert-OH is 1. The topological polar surface area (TPSA) is 33.1 Å². The van der Waals surface area contributed by atoms with E-state index in [1.807, 2.05) is 53.9 Å². The van der Waals surface area contributed by atoms with Crippen LogP contribution in [0, 0.1) is 0 Å². The van der Waals surface area contributed by atoms with Crippen molar-refractivity contribution in [1.29, 1.82) is 0 Å². The highest BCUT2D eigenvalue weighted by atomic mass is 32.2. The fraction of sp³-hybridized carbons (Fsp3) is 0.400. The van der Waals surface area contributed by atoms with Gasteiger partial charge in [-0.2, -0.15) is 11.8 Å². The largest absolute Gasteiger partial charge is 0.388 e. The van der Waals surface area contributed by atoms with Gasteiger partial charge in [-0.15, -0.1) is 23.1 Å². The van der Waals surface area contributed by atoms with Crippen LogP contribution in [-0.2, 0) is 6.42 Å². The van der Waals surface area contributed by atoms with E-state index in [1.54, 1.807) is 11.3 Å². The Labute approximate surface area is 132 Å². The summed E-state index contributed by atoms with van der Waals surface area (Å²) in [5.41, 5.74) is 1.97. The van der Waals surface area contributed by atoms with Crippen molar-refractivity contribution in [3.8, 4) is 0 Å². The van der Waals surface area contributed by atoms with Gasteiger partial charge in [0.1, 0.15) is 5.01 Å². The molecule has 1 fully saturated rings. The average molecular weight is 324 g/mol. The summed E-state index contributed by atoms with van der Waals surface area (Å²) < 4.78 is 0. The molecular weight excluding hydrogens is 306 g/mol. The first-order valence-corrected chi connectivity index (χ1v) is 9.78. The number of hydrogen-bond acceptors (Lipinski definition) is 5. The number of hydrogen-bond donors (Lipinski definition) is 1. The first kappa shape index (κ1) is 14.4. The molecule has 1 saturated heterocycles. The molecule has 3 rings (SSSR count). The van der Waals surface area contributed by atoms with Crippen molar-refractivity contribution >= 4 is 34.9 Å². The molecule has 1 aliphatic heterocycles. The fourth-order valence-corrected chi connectivity index (χ4v) is 6.02. The summed E-state index contributed by atoms with van der Waals surface area (Å²) >= 11 is 5.76. The second kappa shape index (κ2) is 6.98. The lowest BCUT2D eigenvalue weighted by Gasteiger charge is -2.18. The van der Waals surface area contributed by atoms with E-state index >= 15 is 0 Å². The first-order chi connectivity index (χ1) is 9.83. The predicted octanol–water partition coefficient (Wildman–Crippen LogP) is 3.94. The number of aromatic nitrogens is 1. The second-order valence-electron chi connectivity index (χ2n) is 4.74. The smallest absolute Gasteiger partial charge is 0.107 e. The lowest BCUT2D eigenvalue weighted by Crippen LogP contribution is -2.07. The third kappa shape index (κ3) is 3.58. The van der Waals surface area contributed by atoms with Crippen molar-refractivity contribution in [2.24, 2.45) is 0 Å². The van der Waals surface area contributed by atoms with Crippen LogP contribution in [0.4, 0.5) is 0 Å². The maximum absolute atomic E-state index is 10.2. The minimum absolute atomic E-state index is 0.459. The van der Waals surface area contributed by atoms with Gasteiger partial charge < -0.3 is 5.11 Å². The van der Waals surface area contributed by atoms with Gasteiger partial charge >= 0.3 is 0 Å². The molecule has 1 aromatic heterocycles. The molecule has 20 heavy (non-hydrogen) atoms. The molecule has 5 heteroatoms. The van der Waals surface area contributed by atoms with Gasteiger partial charge in [0.05, 0.1) is 17.0 Å². The molecule has 2 heterocycles. The Hall–Kier alpha value is -0.490. The second-order valence-corrected chi connectivity index (χ2v) is 8.09. The Morgan fingerprint density at radius 1 is 1.25 bits per heavy atom. The lowest BCUT2D eigenvalue weighted by molar-refractivity contribution is 0.177. The molecule has 0 bridgehead atoms. The van der Waals surface area contributed by atoms with Crippen molar-refractivity contribution in [1.82, 2.24) is 4.98 Å². The highest BCUT2D eigenvalue weighted by Crippen LogP contribution is 2.38. The van der Waals surface area contributed by atoms with Gasteiger partial charge in [-0.25, -0.2) is 4.98 Å². The van der Waals surface area contributed by atoms with Gasteiger partial charge in [0.25, 0.3) is 0 Å². The molecule has 0 saturated carbocycles. The van der Waals surface area contributed by atoms with Crippen molar-refractivity contribution in [2.45, 2.75) is 17.8 Å². The Morgan fingerprint density at radius 3 is 2.85 bits per heavy atom. The normalized spacial score (nSPS) is 20.8. The van der Waals surface area contributed by atoms with E-state index in [2.05, 4.69) is 5.38 Å². The van der Waals surface area contributed by atoms with Gasteiger partial charge in [0, 0.05) is 29.1 Å². The summed E-state index contributed by atoms with van der Waals surface area (Å²) in [6.07, 6.45) is 0.143. The van der Waals surface area contributed by atoms with Gasteiger partial charge in [0.15, 0.2) is 0 Å². The number of nitrogens with zero attached hydrogens (tertiary/aromatic N) is 1. The molecule has 2 atom stereocenters. The van der Waals surface area contributed by atoms with E-state index in [0.717, 1.165) is 11.3 Å². The van der Waals surface area contributed by atoms with Crippen LogP contribution in [0.5, 0.6) is 0 Å². The van der Waals surface area contributed by atoms with Crippen molar-refractivity contribution in [3.05, 3.63) is 52.0 Å². The zero-order chi connectivity index (χ0) is 13.8. The molecule has 0 radical (unpaired) electrons. The lowest BCUT2D eigenvalue weighted by atomic mass is 10.1. The summed E-state index contributed by atoms with van der Waals surface area (Å²) in [6.45, 7) is 0. The molecule has 1 aliphatic rings. The van der Waals surface area contributed by atoms with Crippen LogP contribution >= 0.6 is 34.9 Å². The number of thiazole rings is 1. The van der Waals surface area contributed by atoms with E-state index in [1.165, 1.54) is 22.3 Å². The summed E-state index contributed by atoms with van der Waals surface area (Å²) in [6, 6.07) is 9.81. The standard InChI is InChI=1S/C15H17NOS3/c17-13(11-4-2-1-3-5-11)8-12-9-20-15(16-12)14-10-18-6-7-19-14/h1-5,9,13-14,17H,6-8,10H2. The summed E-state index contributed by atoms with van der Waals surface area (Å²) in [5, 5.41) is 14.1. The van der Waals surface area contributed by atoms with E-state index in [-0.39, 0.29) is 0 Å². The third-order valence-corrected chi connectivity index (χ3v) is 7.17. The summed E-state index contributed by atoms with van der Waals surface area (Å²) in [4.78, 5) is 4.72. The van der Waals surface area contributed by atoms with Crippen molar-refractivity contribution < 1.29 is 5.11 Å². The van der Waals surface area contributed by atoms with Crippen molar-refractivity contribution in [3.63, 3.8) is 0 Å². The van der Waals surface area contributed by atoms with Gasteiger partial charge in [-0.1, -0.05) is 30.3 Å². The van der Waals surface area contributed by atoms with Gasteiger partial charge in [0.2, 0.25) is 0 Å².